The Morgan fingerprint density at radius 1 is 1.45 bits per heavy atom. The summed E-state index contributed by atoms with van der Waals surface area (Å²) in [7, 11) is 0. The molecule has 1 atom stereocenters. The normalized spacial score (nSPS) is 19.0. The lowest BCUT2D eigenvalue weighted by atomic mass is 10.1. The van der Waals surface area contributed by atoms with E-state index in [1.807, 2.05) is 4.90 Å². The second-order valence-electron chi connectivity index (χ2n) is 5.48. The molecule has 1 fully saturated rings. The van der Waals surface area contributed by atoms with Crippen molar-refractivity contribution in [1.82, 2.24) is 4.90 Å². The summed E-state index contributed by atoms with van der Waals surface area (Å²) in [4.78, 5) is 17.2. The molecule has 1 saturated heterocycles. The second-order valence-corrected chi connectivity index (χ2v) is 6.85. The van der Waals surface area contributed by atoms with Crippen molar-refractivity contribution < 1.29 is 9.53 Å². The third kappa shape index (κ3) is 4.32. The third-order valence-electron chi connectivity index (χ3n) is 3.69. The molecular formula is C16H25NO2S. The Morgan fingerprint density at radius 3 is 2.90 bits per heavy atom. The number of amides is 1. The molecule has 2 heterocycles. The Morgan fingerprint density at radius 2 is 2.30 bits per heavy atom. The van der Waals surface area contributed by atoms with Crippen LogP contribution < -0.4 is 0 Å². The second kappa shape index (κ2) is 7.79. The van der Waals surface area contributed by atoms with Crippen LogP contribution in [0, 0.1) is 6.92 Å². The first-order valence-corrected chi connectivity index (χ1v) is 8.48. The minimum Gasteiger partial charge on any atom is -0.368 e. The van der Waals surface area contributed by atoms with Gasteiger partial charge in [-0.25, -0.2) is 0 Å². The molecular weight excluding hydrogens is 270 g/mol. The van der Waals surface area contributed by atoms with E-state index in [1.54, 1.807) is 11.3 Å². The molecule has 0 aliphatic carbocycles. The summed E-state index contributed by atoms with van der Waals surface area (Å²) < 4.78 is 5.66. The van der Waals surface area contributed by atoms with Gasteiger partial charge < -0.3 is 9.64 Å². The van der Waals surface area contributed by atoms with Crippen molar-refractivity contribution in [1.29, 1.82) is 0 Å². The molecule has 1 aromatic rings. The van der Waals surface area contributed by atoms with Gasteiger partial charge in [0.25, 0.3) is 5.91 Å². The van der Waals surface area contributed by atoms with E-state index in [-0.39, 0.29) is 12.0 Å². The van der Waals surface area contributed by atoms with Gasteiger partial charge in [0.15, 0.2) is 0 Å². The van der Waals surface area contributed by atoms with Crippen LogP contribution in [0.25, 0.3) is 0 Å². The maximum atomic E-state index is 12.6. The van der Waals surface area contributed by atoms with Gasteiger partial charge in [-0.15, -0.1) is 11.3 Å². The Hall–Kier alpha value is -0.870. The molecule has 1 unspecified atom stereocenters. The molecule has 1 aromatic heterocycles. The lowest BCUT2D eigenvalue weighted by molar-refractivity contribution is -0.147. The van der Waals surface area contributed by atoms with Crippen LogP contribution in [0.2, 0.25) is 0 Å². The van der Waals surface area contributed by atoms with Crippen molar-refractivity contribution >= 4 is 17.2 Å². The molecule has 4 heteroatoms. The van der Waals surface area contributed by atoms with Crippen LogP contribution in [0.1, 0.15) is 48.8 Å². The number of ether oxygens (including phenoxy) is 1. The van der Waals surface area contributed by atoms with Crippen molar-refractivity contribution in [2.45, 2.75) is 58.6 Å². The zero-order chi connectivity index (χ0) is 14.4. The number of thiophene rings is 1. The minimum atomic E-state index is -0.207. The number of carbonyl (C=O) groups is 1. The maximum absolute atomic E-state index is 12.6. The van der Waals surface area contributed by atoms with Crippen LogP contribution in [-0.4, -0.2) is 30.1 Å². The van der Waals surface area contributed by atoms with Crippen LogP contribution >= 0.6 is 11.3 Å². The lowest BCUT2D eigenvalue weighted by Gasteiger charge is -2.29. The predicted molar refractivity (Wildman–Crippen MR) is 83.0 cm³/mol. The predicted octanol–water partition coefficient (Wildman–Crippen LogP) is 3.75. The van der Waals surface area contributed by atoms with Crippen molar-refractivity contribution in [3.8, 4) is 0 Å². The van der Waals surface area contributed by atoms with Gasteiger partial charge in [-0.05, 0) is 44.7 Å². The number of rotatable bonds is 6. The molecule has 0 spiro atoms. The number of unbranched alkanes of at least 4 members (excludes halogenated alkanes) is 1. The Labute approximate surface area is 125 Å². The highest BCUT2D eigenvalue weighted by atomic mass is 32.1. The fourth-order valence-electron chi connectivity index (χ4n) is 2.51. The first kappa shape index (κ1) is 15.5. The van der Waals surface area contributed by atoms with Crippen molar-refractivity contribution in [2.75, 3.05) is 13.2 Å². The molecule has 1 aliphatic rings. The summed E-state index contributed by atoms with van der Waals surface area (Å²) in [5.41, 5.74) is 0. The van der Waals surface area contributed by atoms with Crippen molar-refractivity contribution in [2.24, 2.45) is 0 Å². The molecule has 3 nitrogen and oxygen atoms in total. The highest BCUT2D eigenvalue weighted by Gasteiger charge is 2.26. The van der Waals surface area contributed by atoms with Crippen LogP contribution in [0.4, 0.5) is 0 Å². The molecule has 2 rings (SSSR count). The molecule has 0 N–H and O–H groups in total. The Balaban J connectivity index is 1.99. The number of aryl methyl sites for hydroxylation is 1. The summed E-state index contributed by atoms with van der Waals surface area (Å²) >= 11 is 1.78. The highest BCUT2D eigenvalue weighted by molar-refractivity contribution is 7.11. The summed E-state index contributed by atoms with van der Waals surface area (Å²) in [5.74, 6) is 0.184. The van der Waals surface area contributed by atoms with Gasteiger partial charge in [0.1, 0.15) is 6.10 Å². The van der Waals surface area contributed by atoms with Gasteiger partial charge in [-0.1, -0.05) is 13.3 Å². The first-order valence-electron chi connectivity index (χ1n) is 7.66. The summed E-state index contributed by atoms with van der Waals surface area (Å²) in [6, 6.07) is 4.26. The average Bonchev–Trinajstić information content (AvgIpc) is 2.89. The minimum absolute atomic E-state index is 0.184. The molecule has 1 amide bonds. The van der Waals surface area contributed by atoms with E-state index in [0.29, 0.717) is 0 Å². The number of hydrogen-bond acceptors (Lipinski definition) is 3. The zero-order valence-corrected chi connectivity index (χ0v) is 13.4. The van der Waals surface area contributed by atoms with Gasteiger partial charge in [0.05, 0.1) is 6.54 Å². The molecule has 1 aliphatic heterocycles. The smallest absolute Gasteiger partial charge is 0.252 e. The number of carbonyl (C=O) groups excluding carboxylic acids is 1. The largest absolute Gasteiger partial charge is 0.368 e. The van der Waals surface area contributed by atoms with Gasteiger partial charge in [-0.2, -0.15) is 0 Å². The molecule has 0 radical (unpaired) electrons. The van der Waals surface area contributed by atoms with E-state index >= 15 is 0 Å². The van der Waals surface area contributed by atoms with E-state index < -0.39 is 0 Å². The fourth-order valence-corrected chi connectivity index (χ4v) is 3.42. The number of hydrogen-bond donors (Lipinski definition) is 0. The topological polar surface area (TPSA) is 29.5 Å². The Bertz CT molecular complexity index is 424. The van der Waals surface area contributed by atoms with Crippen LogP contribution in [0.5, 0.6) is 0 Å². The van der Waals surface area contributed by atoms with E-state index in [1.165, 1.54) is 9.75 Å². The van der Waals surface area contributed by atoms with Crippen LogP contribution in [-0.2, 0) is 16.1 Å². The SMILES string of the molecule is CCCCN(Cc1ccc(C)s1)C(=O)C1CCCCO1. The molecule has 112 valence electrons. The summed E-state index contributed by atoms with van der Waals surface area (Å²) in [6.07, 6.45) is 5.03. The van der Waals surface area contributed by atoms with Gasteiger partial charge in [0, 0.05) is 22.9 Å². The highest BCUT2D eigenvalue weighted by Crippen LogP contribution is 2.20. The van der Waals surface area contributed by atoms with Gasteiger partial charge in [-0.3, -0.25) is 4.79 Å². The third-order valence-corrected chi connectivity index (χ3v) is 4.68. The van der Waals surface area contributed by atoms with E-state index in [9.17, 15) is 4.79 Å². The molecule has 20 heavy (non-hydrogen) atoms. The van der Waals surface area contributed by atoms with Crippen molar-refractivity contribution in [3.63, 3.8) is 0 Å². The first-order chi connectivity index (χ1) is 9.70. The van der Waals surface area contributed by atoms with Gasteiger partial charge in [0.2, 0.25) is 0 Å². The van der Waals surface area contributed by atoms with Crippen molar-refractivity contribution in [3.05, 3.63) is 21.9 Å². The monoisotopic (exact) mass is 295 g/mol. The van der Waals surface area contributed by atoms with Crippen LogP contribution in [0.15, 0.2) is 12.1 Å². The van der Waals surface area contributed by atoms with E-state index in [2.05, 4.69) is 26.0 Å². The lowest BCUT2D eigenvalue weighted by Crippen LogP contribution is -2.41. The fraction of sp³-hybridized carbons (Fsp3) is 0.688. The average molecular weight is 295 g/mol. The zero-order valence-electron chi connectivity index (χ0n) is 12.6. The van der Waals surface area contributed by atoms with Crippen LogP contribution in [0.3, 0.4) is 0 Å². The maximum Gasteiger partial charge on any atom is 0.252 e. The quantitative estimate of drug-likeness (QED) is 0.800. The molecule has 0 saturated carbocycles. The number of nitrogens with zero attached hydrogens (tertiary/aromatic N) is 1. The molecule has 0 aromatic carbocycles. The van der Waals surface area contributed by atoms with Gasteiger partial charge >= 0.3 is 0 Å². The Kier molecular flexibility index (Phi) is 6.05. The summed E-state index contributed by atoms with van der Waals surface area (Å²) in [5, 5.41) is 0. The standard InChI is InChI=1S/C16H25NO2S/c1-3-4-10-17(12-14-9-8-13(2)20-14)16(18)15-7-5-6-11-19-15/h8-9,15H,3-7,10-12H2,1-2H3. The van der Waals surface area contributed by atoms with E-state index in [4.69, 9.17) is 4.74 Å². The van der Waals surface area contributed by atoms with E-state index in [0.717, 1.165) is 51.8 Å². The summed E-state index contributed by atoms with van der Waals surface area (Å²) in [6.45, 7) is 6.57. The molecule has 0 bridgehead atoms.